The number of nitrogens with zero attached hydrogens (tertiary/aromatic N) is 2. The van der Waals surface area contributed by atoms with E-state index in [1.54, 1.807) is 0 Å². The molecule has 0 bridgehead atoms. The summed E-state index contributed by atoms with van der Waals surface area (Å²) in [5, 5.41) is 2.87. The second kappa shape index (κ2) is 88.1. The fourth-order valence-electron chi connectivity index (χ4n) is 16.5. The van der Waals surface area contributed by atoms with E-state index in [1.807, 2.05) is 14.4 Å². The maximum atomic E-state index is 10.3. The van der Waals surface area contributed by atoms with Crippen molar-refractivity contribution in [1.29, 1.82) is 0 Å². The Morgan fingerprint density at radius 2 is 0.523 bits per heavy atom. The number of benzene rings is 2. The minimum absolute atomic E-state index is 0.890. The molecule has 0 aliphatic heterocycles. The first-order chi connectivity index (χ1) is 55.0. The van der Waals surface area contributed by atoms with Gasteiger partial charge in [-0.1, -0.05) is 380 Å². The zero-order chi connectivity index (χ0) is 80.0. The Labute approximate surface area is 703 Å². The van der Waals surface area contributed by atoms with Gasteiger partial charge in [-0.3, -0.25) is 0 Å². The van der Waals surface area contributed by atoms with E-state index in [4.69, 9.17) is 0 Å². The summed E-state index contributed by atoms with van der Waals surface area (Å²) in [5.74, 6) is 3.22. The van der Waals surface area contributed by atoms with Gasteiger partial charge in [-0.2, -0.15) is 0 Å². The van der Waals surface area contributed by atoms with Crippen molar-refractivity contribution in [3.63, 3.8) is 0 Å². The topological polar surface area (TPSA) is 36.4 Å². The van der Waals surface area contributed by atoms with Crippen molar-refractivity contribution >= 4 is 23.6 Å². The summed E-state index contributed by atoms with van der Waals surface area (Å²) >= 11 is 2.05. The van der Waals surface area contributed by atoms with Crippen LogP contribution in [0.3, 0.4) is 0 Å². The van der Waals surface area contributed by atoms with Crippen molar-refractivity contribution in [1.82, 2.24) is 0 Å². The van der Waals surface area contributed by atoms with Crippen LogP contribution in [-0.2, 0) is 27.3 Å². The summed E-state index contributed by atoms with van der Waals surface area (Å²) in [4.78, 5) is 3.68. The van der Waals surface area contributed by atoms with Crippen LogP contribution >= 0.6 is 0 Å². The van der Waals surface area contributed by atoms with E-state index < -0.39 is 0 Å². The molecule has 111 heavy (non-hydrogen) atoms. The normalized spacial score (nSPS) is 11.9. The third-order valence-electron chi connectivity index (χ3n) is 23.9. The van der Waals surface area contributed by atoms with Crippen LogP contribution in [0, 0.1) is 0 Å². The zero-order valence-electron chi connectivity index (χ0n) is 76.6. The monoisotopic (exact) mass is 1580 g/mol. The predicted octanol–water partition coefficient (Wildman–Crippen LogP) is 39.1. The molecule has 0 radical (unpaired) electrons. The molecule has 0 unspecified atom stereocenters. The van der Waals surface area contributed by atoms with Gasteiger partial charge in [0.05, 0.1) is 5.57 Å². The molecule has 0 heterocycles. The molecule has 0 saturated heterocycles. The maximum absolute atomic E-state index is 10.3. The summed E-state index contributed by atoms with van der Waals surface area (Å²) < 4.78 is 0. The second-order valence-corrected chi connectivity index (χ2v) is 36.4. The summed E-state index contributed by atoms with van der Waals surface area (Å²) in [7, 11) is 0. The van der Waals surface area contributed by atoms with Gasteiger partial charge in [-0.05, 0) is 140 Å². The van der Waals surface area contributed by atoms with Gasteiger partial charge in [0.25, 0.3) is 0 Å². The molecular weight excluding hydrogens is 1380 g/mol. The van der Waals surface area contributed by atoms with Crippen molar-refractivity contribution in [3.05, 3.63) is 98.6 Å². The van der Waals surface area contributed by atoms with Crippen LogP contribution in [0.1, 0.15) is 577 Å². The van der Waals surface area contributed by atoms with Gasteiger partial charge in [-0.25, -0.2) is 0 Å². The fraction of sp³-hybridized carbons (Fsp3) is 0.815. The smallest absolute Gasteiger partial charge is 0.0654 e. The molecule has 2 aromatic carbocycles. The Morgan fingerprint density at radius 3 is 0.802 bits per heavy atom. The Hall–Kier alpha value is -2.69. The quantitative estimate of drug-likeness (QED) is 0.0158. The van der Waals surface area contributed by atoms with Gasteiger partial charge in [0.2, 0.25) is 0 Å². The van der Waals surface area contributed by atoms with E-state index >= 15 is 0 Å². The van der Waals surface area contributed by atoms with Gasteiger partial charge in [0, 0.05) is 0 Å². The average Bonchev–Trinajstić information content (AvgIpc) is 0.786. The number of aryl methyl sites for hydroxylation is 2. The number of hydrogen-bond acceptors (Lipinski definition) is 0. The van der Waals surface area contributed by atoms with Crippen LogP contribution in [0.4, 0.5) is 0 Å². The van der Waals surface area contributed by atoms with Crippen molar-refractivity contribution in [2.75, 3.05) is 0 Å². The standard InChI is InChI=1S/C70H116N2.2C19H39.Ni/c1-7-13-19-22-25-27-29-31-33-35-37-39-41-43-46-51-64-56-65(52-47-44-42-40-38-36-34-32-30-28-26-23-20-14-8-2)60-68(59-64)70(67-57-62(49-16-10-4)55-63(58-67)50-17-11-5)69(54-18-12-6)66(61-72-71)53-48-45-24-21-15-9-3;2*1-3-5-7-9-11-13-15-17-19-18-16-14-12-10-8-6-4-2;/h46-47,51-52,55-60H,7-45,48-50,53-54H2,1-6H3;2*1,3-19H2,2H3;. The van der Waals surface area contributed by atoms with Crippen molar-refractivity contribution in [3.8, 4) is 0 Å². The summed E-state index contributed by atoms with van der Waals surface area (Å²) in [5.41, 5.74) is 22.1. The van der Waals surface area contributed by atoms with Crippen molar-refractivity contribution < 1.29 is 19.2 Å². The zero-order valence-corrected chi connectivity index (χ0v) is 77.5. The molecule has 0 aliphatic rings. The molecule has 646 valence electrons. The molecule has 0 spiro atoms. The van der Waals surface area contributed by atoms with E-state index in [-0.39, 0.29) is 0 Å². The summed E-state index contributed by atoms with van der Waals surface area (Å²) in [6.45, 7) is 18.5. The molecule has 3 heteroatoms. The van der Waals surface area contributed by atoms with Crippen LogP contribution in [-0.4, -0.2) is 10.7 Å². The Balaban J connectivity index is 0.00000133. The summed E-state index contributed by atoms with van der Waals surface area (Å²) in [6.07, 6.45) is 117. The fourth-order valence-corrected chi connectivity index (χ4v) is 17.8. The van der Waals surface area contributed by atoms with Gasteiger partial charge >= 0.3 is 172 Å². The average molecular weight is 1580 g/mol. The van der Waals surface area contributed by atoms with Gasteiger partial charge in [0.1, 0.15) is 0 Å². The Bertz CT molecular complexity index is 2310. The summed E-state index contributed by atoms with van der Waals surface area (Å²) in [6, 6.07) is 14.9. The van der Waals surface area contributed by atoms with E-state index in [0.29, 0.717) is 0 Å². The predicted molar refractivity (Wildman–Crippen MR) is 502 cm³/mol. The molecule has 0 fully saturated rings. The number of hydrogen-bond donors (Lipinski definition) is 0. The first-order valence-electron chi connectivity index (χ1n) is 50.7. The van der Waals surface area contributed by atoms with Crippen LogP contribution in [0.15, 0.2) is 59.7 Å². The minimum Gasteiger partial charge on any atom is -0.0654 e. The molecule has 2 rings (SSSR count). The van der Waals surface area contributed by atoms with E-state index in [1.165, 1.54) is 498 Å². The van der Waals surface area contributed by atoms with E-state index in [0.717, 1.165) is 63.4 Å². The van der Waals surface area contributed by atoms with Gasteiger partial charge in [0.15, 0.2) is 0 Å². The van der Waals surface area contributed by atoms with Gasteiger partial charge < -0.3 is 5.53 Å². The van der Waals surface area contributed by atoms with E-state index in [9.17, 15) is 5.53 Å². The van der Waals surface area contributed by atoms with Gasteiger partial charge in [-0.15, -0.1) is 4.79 Å². The molecule has 0 N–H and O–H groups in total. The molecule has 0 amide bonds. The molecule has 2 aromatic rings. The van der Waals surface area contributed by atoms with Crippen molar-refractivity contribution in [2.24, 2.45) is 0 Å². The molecule has 0 aliphatic carbocycles. The molecular formula is C108H194N2Ni. The first-order valence-corrected chi connectivity index (χ1v) is 52.1. The van der Waals surface area contributed by atoms with E-state index in [2.05, 4.69) is 127 Å². The second-order valence-electron chi connectivity index (χ2n) is 35.0. The minimum atomic E-state index is 0.890. The number of unbranched alkanes of at least 4 members (excludes halogenated alkanes) is 66. The SMILES string of the molecule is CCCCCCCCCCCCCCCC=Cc1cc(C=CCCCCCCCCCCCCCCC)cc(C(=C(CCCC)C(=C=[N+]=[N-])CCCCCCCC)c2cc(CCCC)cc(CCCC)c2)c1.CCCCCCCCCCCCCCCCCC[CH2][Ni][CH2]CCCCCCCCCCCCCCCCCC. The van der Waals surface area contributed by atoms with Crippen LogP contribution < -0.4 is 0 Å². The third kappa shape index (κ3) is 70.1. The molecule has 0 atom stereocenters. The molecule has 0 aromatic heterocycles. The molecule has 0 saturated carbocycles. The van der Waals surface area contributed by atoms with Crippen LogP contribution in [0.25, 0.3) is 23.3 Å². The Kier molecular flexibility index (Phi) is 84.4. The number of rotatable bonds is 85. The number of allylic oxidation sites excluding steroid dienone is 4. The first kappa shape index (κ1) is 106. The Morgan fingerprint density at radius 1 is 0.270 bits per heavy atom. The third-order valence-corrected chi connectivity index (χ3v) is 25.3. The van der Waals surface area contributed by atoms with Crippen LogP contribution in [0.2, 0.25) is 10.8 Å². The van der Waals surface area contributed by atoms with Crippen LogP contribution in [0.5, 0.6) is 0 Å². The molecule has 2 nitrogen and oxygen atoms in total. The van der Waals surface area contributed by atoms with Crippen molar-refractivity contribution in [2.45, 2.75) is 567 Å².